The SMILES string of the molecule is c1ccc(N(c2ccc(C3(c4ccccc4)c4ccccc4-c4ccccc43)cc2)c2cccc3c2oc2c3ccc3ccc4ccccc4c32)cc1. The summed E-state index contributed by atoms with van der Waals surface area (Å²) in [5, 5.41) is 6.97. The van der Waals surface area contributed by atoms with Gasteiger partial charge in [-0.3, -0.25) is 0 Å². The summed E-state index contributed by atoms with van der Waals surface area (Å²) in [5.74, 6) is 0. The second-order valence-corrected chi connectivity index (χ2v) is 14.0. The molecule has 1 aliphatic rings. The number of hydrogen-bond acceptors (Lipinski definition) is 2. The molecule has 0 N–H and O–H groups in total. The molecule has 53 heavy (non-hydrogen) atoms. The Morgan fingerprint density at radius 3 is 1.66 bits per heavy atom. The Morgan fingerprint density at radius 1 is 0.358 bits per heavy atom. The molecule has 1 aliphatic carbocycles. The lowest BCUT2D eigenvalue weighted by atomic mass is 9.68. The molecule has 0 bridgehead atoms. The van der Waals surface area contributed by atoms with Gasteiger partial charge in [0.1, 0.15) is 5.58 Å². The van der Waals surface area contributed by atoms with E-state index in [9.17, 15) is 0 Å². The Labute approximate surface area is 307 Å². The highest BCUT2D eigenvalue weighted by atomic mass is 16.3. The Kier molecular flexibility index (Phi) is 6.50. The van der Waals surface area contributed by atoms with Gasteiger partial charge in [0.25, 0.3) is 0 Å². The number of para-hydroxylation sites is 2. The van der Waals surface area contributed by atoms with Gasteiger partial charge in [0.05, 0.1) is 11.1 Å². The molecule has 0 spiro atoms. The molecule has 0 unspecified atom stereocenters. The van der Waals surface area contributed by atoms with E-state index in [1.54, 1.807) is 0 Å². The second kappa shape index (κ2) is 11.6. The fourth-order valence-electron chi connectivity index (χ4n) is 9.08. The average molecular weight is 676 g/mol. The van der Waals surface area contributed by atoms with Crippen LogP contribution in [-0.2, 0) is 5.41 Å². The summed E-state index contributed by atoms with van der Waals surface area (Å²) < 4.78 is 7.04. The summed E-state index contributed by atoms with van der Waals surface area (Å²) in [7, 11) is 0. The van der Waals surface area contributed by atoms with E-state index >= 15 is 0 Å². The quantitative estimate of drug-likeness (QED) is 0.169. The van der Waals surface area contributed by atoms with Gasteiger partial charge in [-0.05, 0) is 85.9 Å². The molecular weight excluding hydrogens is 643 g/mol. The molecular formula is C51H33NO. The minimum atomic E-state index is -0.451. The van der Waals surface area contributed by atoms with Gasteiger partial charge in [0.15, 0.2) is 5.58 Å². The standard InChI is InChI=1S/C51H33NO/c1-3-15-36(16-4-1)51(45-23-11-9-20-41(45)42-21-10-12-24-46(42)51)37-29-31-39(32-30-37)52(38-17-5-2-6-18-38)47-25-13-22-43-44-33-28-35-27-26-34-14-7-8-19-40(34)48(35)50(44)53-49(43)47/h1-33H. The highest BCUT2D eigenvalue weighted by Crippen LogP contribution is 2.56. The summed E-state index contributed by atoms with van der Waals surface area (Å²) >= 11 is 0. The molecule has 0 saturated carbocycles. The van der Waals surface area contributed by atoms with Crippen LogP contribution in [0.1, 0.15) is 22.3 Å². The van der Waals surface area contributed by atoms with Crippen molar-refractivity contribution in [3.05, 3.63) is 222 Å². The Morgan fingerprint density at radius 2 is 0.906 bits per heavy atom. The summed E-state index contributed by atoms with van der Waals surface area (Å²) in [6.07, 6.45) is 0. The minimum Gasteiger partial charge on any atom is -0.453 e. The molecule has 9 aromatic carbocycles. The molecule has 10 aromatic rings. The van der Waals surface area contributed by atoms with Crippen molar-refractivity contribution in [1.29, 1.82) is 0 Å². The first kappa shape index (κ1) is 29.8. The van der Waals surface area contributed by atoms with Crippen molar-refractivity contribution in [2.75, 3.05) is 4.90 Å². The molecule has 1 aromatic heterocycles. The zero-order chi connectivity index (χ0) is 34.9. The molecule has 1 heterocycles. The van der Waals surface area contributed by atoms with Gasteiger partial charge in [-0.1, -0.05) is 164 Å². The van der Waals surface area contributed by atoms with E-state index in [4.69, 9.17) is 4.42 Å². The number of rotatable bonds is 5. The molecule has 0 fully saturated rings. The predicted octanol–water partition coefficient (Wildman–Crippen LogP) is 13.7. The van der Waals surface area contributed by atoms with E-state index < -0.39 is 5.41 Å². The highest BCUT2D eigenvalue weighted by Gasteiger charge is 2.45. The van der Waals surface area contributed by atoms with Gasteiger partial charge in [-0.15, -0.1) is 0 Å². The molecule has 248 valence electrons. The van der Waals surface area contributed by atoms with Crippen LogP contribution >= 0.6 is 0 Å². The van der Waals surface area contributed by atoms with Crippen LogP contribution in [0.3, 0.4) is 0 Å². The van der Waals surface area contributed by atoms with Gasteiger partial charge >= 0.3 is 0 Å². The Hall–Kier alpha value is -6.90. The molecule has 0 aliphatic heterocycles. The van der Waals surface area contributed by atoms with Crippen LogP contribution in [0.15, 0.2) is 205 Å². The third-order valence-electron chi connectivity index (χ3n) is 11.3. The zero-order valence-corrected chi connectivity index (χ0v) is 28.9. The van der Waals surface area contributed by atoms with Gasteiger partial charge in [-0.25, -0.2) is 0 Å². The van der Waals surface area contributed by atoms with Crippen molar-refractivity contribution in [2.45, 2.75) is 5.41 Å². The third-order valence-corrected chi connectivity index (χ3v) is 11.3. The second-order valence-electron chi connectivity index (χ2n) is 14.0. The van der Waals surface area contributed by atoms with E-state index in [-0.39, 0.29) is 0 Å². The lowest BCUT2D eigenvalue weighted by molar-refractivity contribution is 0.673. The monoisotopic (exact) mass is 675 g/mol. The zero-order valence-electron chi connectivity index (χ0n) is 28.9. The molecule has 2 heteroatoms. The van der Waals surface area contributed by atoms with Crippen molar-refractivity contribution < 1.29 is 4.42 Å². The number of benzene rings is 9. The normalized spacial score (nSPS) is 13.1. The van der Waals surface area contributed by atoms with Crippen LogP contribution in [0.25, 0.3) is 54.6 Å². The van der Waals surface area contributed by atoms with Crippen molar-refractivity contribution in [3.8, 4) is 11.1 Å². The van der Waals surface area contributed by atoms with Crippen LogP contribution in [0.5, 0.6) is 0 Å². The summed E-state index contributed by atoms with van der Waals surface area (Å²) in [5.41, 5.74) is 12.2. The van der Waals surface area contributed by atoms with E-state index in [2.05, 4.69) is 205 Å². The van der Waals surface area contributed by atoms with Crippen LogP contribution in [-0.4, -0.2) is 0 Å². The first-order chi connectivity index (χ1) is 26.3. The molecule has 11 rings (SSSR count). The number of anilines is 3. The van der Waals surface area contributed by atoms with Crippen LogP contribution < -0.4 is 4.90 Å². The maximum Gasteiger partial charge on any atom is 0.159 e. The van der Waals surface area contributed by atoms with Crippen molar-refractivity contribution in [1.82, 2.24) is 0 Å². The molecule has 0 atom stereocenters. The summed E-state index contributed by atoms with van der Waals surface area (Å²) in [4.78, 5) is 2.33. The van der Waals surface area contributed by atoms with E-state index in [1.807, 2.05) is 0 Å². The smallest absolute Gasteiger partial charge is 0.159 e. The van der Waals surface area contributed by atoms with Gasteiger partial charge in [0, 0.05) is 27.5 Å². The topological polar surface area (TPSA) is 16.4 Å². The molecule has 0 radical (unpaired) electrons. The van der Waals surface area contributed by atoms with E-state index in [0.29, 0.717) is 0 Å². The van der Waals surface area contributed by atoms with E-state index in [1.165, 1.54) is 49.5 Å². The number of furan rings is 1. The first-order valence-corrected chi connectivity index (χ1v) is 18.3. The maximum absolute atomic E-state index is 7.04. The fraction of sp³-hybridized carbons (Fsp3) is 0.0196. The van der Waals surface area contributed by atoms with Crippen molar-refractivity contribution in [3.63, 3.8) is 0 Å². The van der Waals surface area contributed by atoms with Gasteiger partial charge in [-0.2, -0.15) is 0 Å². The summed E-state index contributed by atoms with van der Waals surface area (Å²) in [6, 6.07) is 72.6. The Balaban J connectivity index is 1.14. The highest BCUT2D eigenvalue weighted by molar-refractivity contribution is 6.24. The van der Waals surface area contributed by atoms with Gasteiger partial charge < -0.3 is 9.32 Å². The van der Waals surface area contributed by atoms with Crippen LogP contribution in [0.2, 0.25) is 0 Å². The number of hydrogen-bond donors (Lipinski definition) is 0. The molecule has 0 saturated heterocycles. The van der Waals surface area contributed by atoms with Crippen molar-refractivity contribution in [2.24, 2.45) is 0 Å². The predicted molar refractivity (Wildman–Crippen MR) is 221 cm³/mol. The Bertz CT molecular complexity index is 2950. The largest absolute Gasteiger partial charge is 0.453 e. The third kappa shape index (κ3) is 4.27. The van der Waals surface area contributed by atoms with Crippen LogP contribution in [0.4, 0.5) is 17.1 Å². The minimum absolute atomic E-state index is 0.451. The molecule has 2 nitrogen and oxygen atoms in total. The lowest BCUT2D eigenvalue weighted by Gasteiger charge is -2.34. The average Bonchev–Trinajstić information content (AvgIpc) is 3.77. The number of fused-ring (bicyclic) bond motifs is 10. The molecule has 0 amide bonds. The lowest BCUT2D eigenvalue weighted by Crippen LogP contribution is -2.28. The maximum atomic E-state index is 7.04. The van der Waals surface area contributed by atoms with Crippen molar-refractivity contribution >= 4 is 60.5 Å². The first-order valence-electron chi connectivity index (χ1n) is 18.3. The fourth-order valence-corrected chi connectivity index (χ4v) is 9.08. The van der Waals surface area contributed by atoms with Gasteiger partial charge in [0.2, 0.25) is 0 Å². The summed E-state index contributed by atoms with van der Waals surface area (Å²) in [6.45, 7) is 0. The number of nitrogens with zero attached hydrogens (tertiary/aromatic N) is 1. The van der Waals surface area contributed by atoms with Crippen LogP contribution in [0, 0.1) is 0 Å². The van der Waals surface area contributed by atoms with E-state index in [0.717, 1.165) is 44.4 Å².